The highest BCUT2D eigenvalue weighted by Gasteiger charge is 2.11. The van der Waals surface area contributed by atoms with Gasteiger partial charge in [0.1, 0.15) is 12.6 Å². The minimum absolute atomic E-state index is 0.281. The van der Waals surface area contributed by atoms with E-state index >= 15 is 0 Å². The maximum atomic E-state index is 10.1. The zero-order valence-corrected chi connectivity index (χ0v) is 10.7. The molecule has 0 bridgehead atoms. The lowest BCUT2D eigenvalue weighted by atomic mass is 10.3. The Hall–Kier alpha value is -0.650. The van der Waals surface area contributed by atoms with Crippen molar-refractivity contribution in [1.29, 1.82) is 0 Å². The normalized spacial score (nSPS) is 13.1. The van der Waals surface area contributed by atoms with E-state index in [4.69, 9.17) is 10.2 Å². The van der Waals surface area contributed by atoms with Crippen LogP contribution in [0.5, 0.6) is 0 Å². The SMILES string of the molecule is CC(C(=O)O)N(C)C.C[N+](C)(C)CCO. The maximum Gasteiger partial charge on any atom is 0.320 e. The molecule has 0 saturated carbocycles. The van der Waals surface area contributed by atoms with Gasteiger partial charge in [-0.2, -0.15) is 0 Å². The quantitative estimate of drug-likeness (QED) is 0.640. The van der Waals surface area contributed by atoms with Crippen LogP contribution < -0.4 is 0 Å². The summed E-state index contributed by atoms with van der Waals surface area (Å²) in [4.78, 5) is 11.7. The molecule has 0 aliphatic rings. The molecule has 0 aliphatic carbocycles. The molecule has 15 heavy (non-hydrogen) atoms. The first-order chi connectivity index (χ1) is 6.61. The monoisotopic (exact) mass is 221 g/mol. The second kappa shape index (κ2) is 7.62. The molecule has 0 spiro atoms. The van der Waals surface area contributed by atoms with E-state index in [2.05, 4.69) is 21.1 Å². The molecule has 0 aromatic heterocycles. The van der Waals surface area contributed by atoms with Crippen molar-refractivity contribution in [2.45, 2.75) is 13.0 Å². The van der Waals surface area contributed by atoms with Crippen LogP contribution in [0.1, 0.15) is 6.92 Å². The average molecular weight is 221 g/mol. The van der Waals surface area contributed by atoms with Gasteiger partial charge in [-0.05, 0) is 21.0 Å². The summed E-state index contributed by atoms with van der Waals surface area (Å²) in [7, 11) is 9.63. The third-order valence-corrected chi connectivity index (χ3v) is 1.90. The molecule has 0 saturated heterocycles. The number of hydrogen-bond acceptors (Lipinski definition) is 3. The zero-order valence-electron chi connectivity index (χ0n) is 10.7. The molecule has 0 aromatic carbocycles. The molecule has 0 aliphatic heterocycles. The van der Waals surface area contributed by atoms with E-state index in [9.17, 15) is 4.79 Å². The van der Waals surface area contributed by atoms with Crippen molar-refractivity contribution in [2.75, 3.05) is 48.4 Å². The lowest BCUT2D eigenvalue weighted by Crippen LogP contribution is -2.36. The molecular weight excluding hydrogens is 196 g/mol. The van der Waals surface area contributed by atoms with Crippen LogP contribution in [-0.2, 0) is 4.79 Å². The number of aliphatic hydroxyl groups excluding tert-OH is 1. The van der Waals surface area contributed by atoms with Gasteiger partial charge in [-0.15, -0.1) is 0 Å². The number of carbonyl (C=O) groups is 1. The smallest absolute Gasteiger partial charge is 0.320 e. The fraction of sp³-hybridized carbons (Fsp3) is 0.900. The van der Waals surface area contributed by atoms with Gasteiger partial charge < -0.3 is 14.7 Å². The third-order valence-electron chi connectivity index (χ3n) is 1.90. The van der Waals surface area contributed by atoms with Crippen molar-refractivity contribution >= 4 is 5.97 Å². The Bertz CT molecular complexity index is 176. The highest BCUT2D eigenvalue weighted by Crippen LogP contribution is 1.88. The van der Waals surface area contributed by atoms with Crippen molar-refractivity contribution in [2.24, 2.45) is 0 Å². The van der Waals surface area contributed by atoms with Crippen molar-refractivity contribution in [3.8, 4) is 0 Å². The van der Waals surface area contributed by atoms with E-state index in [0.29, 0.717) is 0 Å². The Kier molecular flexibility index (Phi) is 8.51. The van der Waals surface area contributed by atoms with Gasteiger partial charge in [-0.1, -0.05) is 0 Å². The van der Waals surface area contributed by atoms with E-state index in [1.54, 1.807) is 25.9 Å². The predicted octanol–water partition coefficient (Wildman–Crippen LogP) is -0.294. The van der Waals surface area contributed by atoms with Crippen molar-refractivity contribution in [1.82, 2.24) is 4.90 Å². The van der Waals surface area contributed by atoms with Gasteiger partial charge in [-0.3, -0.25) is 9.69 Å². The van der Waals surface area contributed by atoms with Crippen LogP contribution in [0.15, 0.2) is 0 Å². The van der Waals surface area contributed by atoms with Crippen LogP contribution in [0, 0.1) is 0 Å². The summed E-state index contributed by atoms with van der Waals surface area (Å²) < 4.78 is 0.844. The second-order valence-corrected chi connectivity index (χ2v) is 4.72. The molecule has 0 aromatic rings. The predicted molar refractivity (Wildman–Crippen MR) is 60.8 cm³/mol. The number of aliphatic carboxylic acids is 1. The molecule has 1 atom stereocenters. The highest BCUT2D eigenvalue weighted by atomic mass is 16.4. The first-order valence-corrected chi connectivity index (χ1v) is 4.92. The van der Waals surface area contributed by atoms with Gasteiger partial charge in [0.25, 0.3) is 0 Å². The topological polar surface area (TPSA) is 60.8 Å². The number of hydrogen-bond donors (Lipinski definition) is 2. The summed E-state index contributed by atoms with van der Waals surface area (Å²) in [6.07, 6.45) is 0. The summed E-state index contributed by atoms with van der Waals surface area (Å²) in [5.41, 5.74) is 0. The van der Waals surface area contributed by atoms with Crippen LogP contribution >= 0.6 is 0 Å². The van der Waals surface area contributed by atoms with Crippen molar-refractivity contribution < 1.29 is 19.5 Å². The van der Waals surface area contributed by atoms with E-state index in [0.717, 1.165) is 11.0 Å². The lowest BCUT2D eigenvalue weighted by Gasteiger charge is -2.21. The first kappa shape index (κ1) is 16.8. The number of aliphatic hydroxyl groups is 1. The Morgan fingerprint density at radius 3 is 1.73 bits per heavy atom. The Balaban J connectivity index is 0. The first-order valence-electron chi connectivity index (χ1n) is 4.92. The Morgan fingerprint density at radius 1 is 1.33 bits per heavy atom. The maximum absolute atomic E-state index is 10.1. The van der Waals surface area contributed by atoms with E-state index < -0.39 is 5.97 Å². The van der Waals surface area contributed by atoms with Gasteiger partial charge in [0.2, 0.25) is 0 Å². The van der Waals surface area contributed by atoms with Crippen LogP contribution in [0.2, 0.25) is 0 Å². The number of carboxylic acid groups (broad SMARTS) is 1. The van der Waals surface area contributed by atoms with E-state index in [-0.39, 0.29) is 12.6 Å². The second-order valence-electron chi connectivity index (χ2n) is 4.72. The molecule has 5 nitrogen and oxygen atoms in total. The molecule has 5 heteroatoms. The third kappa shape index (κ3) is 13.3. The van der Waals surface area contributed by atoms with Gasteiger partial charge in [0.15, 0.2) is 0 Å². The minimum Gasteiger partial charge on any atom is -0.480 e. The lowest BCUT2D eigenvalue weighted by molar-refractivity contribution is -0.870. The number of likely N-dealkylation sites (N-methyl/N-ethyl adjacent to an activating group) is 2. The summed E-state index contributed by atoms with van der Waals surface area (Å²) in [6.45, 7) is 2.76. The Morgan fingerprint density at radius 2 is 1.73 bits per heavy atom. The largest absolute Gasteiger partial charge is 0.480 e. The average Bonchev–Trinajstić information content (AvgIpc) is 2.01. The van der Waals surface area contributed by atoms with Crippen molar-refractivity contribution in [3.63, 3.8) is 0 Å². The fourth-order valence-electron chi connectivity index (χ4n) is 0.521. The van der Waals surface area contributed by atoms with Gasteiger partial charge in [0, 0.05) is 0 Å². The number of quaternary nitrogens is 1. The van der Waals surface area contributed by atoms with Crippen LogP contribution in [-0.4, -0.2) is 80.0 Å². The highest BCUT2D eigenvalue weighted by molar-refractivity contribution is 5.72. The summed E-state index contributed by atoms with van der Waals surface area (Å²) in [6, 6.07) is -0.380. The molecule has 0 radical (unpaired) electrons. The summed E-state index contributed by atoms with van der Waals surface area (Å²) >= 11 is 0. The van der Waals surface area contributed by atoms with E-state index in [1.165, 1.54) is 0 Å². The minimum atomic E-state index is -0.782. The van der Waals surface area contributed by atoms with Crippen molar-refractivity contribution in [3.05, 3.63) is 0 Å². The molecule has 0 heterocycles. The van der Waals surface area contributed by atoms with Crippen LogP contribution in [0.25, 0.3) is 0 Å². The van der Waals surface area contributed by atoms with Gasteiger partial charge in [0.05, 0.1) is 27.7 Å². The number of carboxylic acids is 1. The summed E-state index contributed by atoms with van der Waals surface area (Å²) in [5.74, 6) is -0.782. The fourth-order valence-corrected chi connectivity index (χ4v) is 0.521. The van der Waals surface area contributed by atoms with Gasteiger partial charge in [-0.25, -0.2) is 0 Å². The standard InChI is InChI=1S/C5H11NO2.C5H14NO/c1-4(5(7)8)6(2)3;1-6(2,3)4-5-7/h4H,1-3H3,(H,7,8);7H,4-5H2,1-3H3/q;+1. The zero-order chi connectivity index (χ0) is 12.6. The van der Waals surface area contributed by atoms with Gasteiger partial charge >= 0.3 is 5.97 Å². The number of rotatable bonds is 4. The molecule has 2 N–H and O–H groups in total. The van der Waals surface area contributed by atoms with Crippen LogP contribution in [0.4, 0.5) is 0 Å². The molecule has 92 valence electrons. The number of nitrogens with zero attached hydrogens (tertiary/aromatic N) is 2. The molecule has 0 amide bonds. The molecule has 0 fully saturated rings. The Labute approximate surface area is 92.5 Å². The van der Waals surface area contributed by atoms with E-state index in [1.807, 2.05) is 0 Å². The molecule has 1 unspecified atom stereocenters. The molecule has 0 rings (SSSR count). The summed E-state index contributed by atoms with van der Waals surface area (Å²) in [5, 5.41) is 16.7. The molecular formula is C10H25N2O3+. The van der Waals surface area contributed by atoms with Crippen LogP contribution in [0.3, 0.4) is 0 Å².